The fraction of sp³-hybridized carbons (Fsp3) is 0.143. The summed E-state index contributed by atoms with van der Waals surface area (Å²) in [6.07, 6.45) is 0. The third-order valence-electron chi connectivity index (χ3n) is 4.39. The Kier molecular flexibility index (Phi) is 5.91. The molecule has 1 atom stereocenters. The van der Waals surface area contributed by atoms with Crippen LogP contribution >= 0.6 is 11.6 Å². The summed E-state index contributed by atoms with van der Waals surface area (Å²) < 4.78 is 47.7. The van der Waals surface area contributed by atoms with Gasteiger partial charge in [-0.3, -0.25) is 4.31 Å². The molecular weight excluding hydrogens is 401 g/mol. The van der Waals surface area contributed by atoms with E-state index in [1.165, 1.54) is 17.5 Å². The molecule has 0 aliphatic rings. The summed E-state index contributed by atoms with van der Waals surface area (Å²) in [5.41, 5.74) is 1.15. The zero-order valence-corrected chi connectivity index (χ0v) is 16.9. The van der Waals surface area contributed by atoms with Crippen molar-refractivity contribution in [1.82, 2.24) is 0 Å². The summed E-state index contributed by atoms with van der Waals surface area (Å²) in [5, 5.41) is 0.141. The van der Waals surface area contributed by atoms with Gasteiger partial charge in [0, 0.05) is 5.02 Å². The third-order valence-corrected chi connectivity index (χ3v) is 6.54. The lowest BCUT2D eigenvalue weighted by Crippen LogP contribution is -2.34. The summed E-state index contributed by atoms with van der Waals surface area (Å²) in [4.78, 5) is -0.474. The molecule has 0 bridgehead atoms. The second kappa shape index (κ2) is 8.20. The standard InChI is InChI=1S/C21H19ClFNO3S/c1-15(16-6-4-3-5-7-16)24(18-9-11-19(27-2)12-10-18)28(25,26)21-14-17(22)8-13-20(21)23/h3-15H,1-2H3/t15-/m0/s1. The number of methoxy groups -OCH3 is 1. The summed E-state index contributed by atoms with van der Waals surface area (Å²) >= 11 is 5.94. The molecule has 3 rings (SSSR count). The van der Waals surface area contributed by atoms with E-state index in [4.69, 9.17) is 16.3 Å². The predicted octanol–water partition coefficient (Wildman–Crippen LogP) is 5.44. The van der Waals surface area contributed by atoms with Crippen molar-refractivity contribution in [2.45, 2.75) is 17.9 Å². The van der Waals surface area contributed by atoms with Crippen molar-refractivity contribution in [3.8, 4) is 5.75 Å². The Morgan fingerprint density at radius 2 is 1.64 bits per heavy atom. The minimum Gasteiger partial charge on any atom is -0.497 e. The Bertz CT molecular complexity index is 1060. The van der Waals surface area contributed by atoms with Crippen molar-refractivity contribution in [2.75, 3.05) is 11.4 Å². The monoisotopic (exact) mass is 419 g/mol. The number of sulfonamides is 1. The van der Waals surface area contributed by atoms with Crippen molar-refractivity contribution in [3.63, 3.8) is 0 Å². The van der Waals surface area contributed by atoms with E-state index in [0.717, 1.165) is 17.7 Å². The minimum absolute atomic E-state index is 0.141. The molecule has 0 heterocycles. The van der Waals surface area contributed by atoms with E-state index in [0.29, 0.717) is 11.4 Å². The van der Waals surface area contributed by atoms with E-state index >= 15 is 0 Å². The molecule has 28 heavy (non-hydrogen) atoms. The van der Waals surface area contributed by atoms with E-state index in [9.17, 15) is 12.8 Å². The van der Waals surface area contributed by atoms with Crippen LogP contribution in [0.3, 0.4) is 0 Å². The molecule has 0 N–H and O–H groups in total. The van der Waals surface area contributed by atoms with Gasteiger partial charge in [-0.1, -0.05) is 41.9 Å². The Balaban J connectivity index is 2.18. The largest absolute Gasteiger partial charge is 0.497 e. The quantitative estimate of drug-likeness (QED) is 0.534. The average Bonchev–Trinajstić information content (AvgIpc) is 2.71. The molecule has 0 aliphatic carbocycles. The van der Waals surface area contributed by atoms with Crippen LogP contribution in [0.25, 0.3) is 0 Å². The highest BCUT2D eigenvalue weighted by Crippen LogP contribution is 2.35. The maximum Gasteiger partial charge on any atom is 0.267 e. The maximum atomic E-state index is 14.4. The smallest absolute Gasteiger partial charge is 0.267 e. The number of rotatable bonds is 6. The minimum atomic E-state index is -4.24. The number of hydrogen-bond acceptors (Lipinski definition) is 3. The zero-order chi connectivity index (χ0) is 20.3. The fourth-order valence-electron chi connectivity index (χ4n) is 2.95. The van der Waals surface area contributed by atoms with Crippen molar-refractivity contribution < 1.29 is 17.5 Å². The van der Waals surface area contributed by atoms with Crippen LogP contribution in [-0.2, 0) is 10.0 Å². The van der Waals surface area contributed by atoms with Crippen molar-refractivity contribution in [3.05, 3.63) is 89.2 Å². The lowest BCUT2D eigenvalue weighted by Gasteiger charge is -2.31. The first kappa shape index (κ1) is 20.2. The van der Waals surface area contributed by atoms with Crippen LogP contribution in [0.15, 0.2) is 77.7 Å². The van der Waals surface area contributed by atoms with Gasteiger partial charge in [-0.05, 0) is 55.0 Å². The third kappa shape index (κ3) is 3.98. The number of nitrogens with zero attached hydrogens (tertiary/aromatic N) is 1. The number of ether oxygens (including phenoxy) is 1. The highest BCUT2D eigenvalue weighted by Gasteiger charge is 2.32. The molecule has 0 spiro atoms. The maximum absolute atomic E-state index is 14.4. The van der Waals surface area contributed by atoms with Crippen molar-refractivity contribution >= 4 is 27.3 Å². The summed E-state index contributed by atoms with van der Waals surface area (Å²) in [6.45, 7) is 1.75. The molecule has 4 nitrogen and oxygen atoms in total. The molecule has 0 aromatic heterocycles. The van der Waals surface area contributed by atoms with Crippen LogP contribution in [-0.4, -0.2) is 15.5 Å². The van der Waals surface area contributed by atoms with Gasteiger partial charge >= 0.3 is 0 Å². The second-order valence-corrected chi connectivity index (χ2v) is 8.38. The summed E-state index contributed by atoms with van der Waals surface area (Å²) in [5.74, 6) is -0.273. The van der Waals surface area contributed by atoms with Gasteiger partial charge < -0.3 is 4.74 Å². The van der Waals surface area contributed by atoms with Gasteiger partial charge in [-0.15, -0.1) is 0 Å². The van der Waals surface area contributed by atoms with Gasteiger partial charge in [0.15, 0.2) is 0 Å². The molecule has 7 heteroatoms. The van der Waals surface area contributed by atoms with Gasteiger partial charge in [0.25, 0.3) is 10.0 Å². The number of halogens is 2. The van der Waals surface area contributed by atoms with Crippen LogP contribution in [0.4, 0.5) is 10.1 Å². The molecule has 0 radical (unpaired) electrons. The number of benzene rings is 3. The molecule has 0 unspecified atom stereocenters. The van der Waals surface area contributed by atoms with E-state index < -0.39 is 26.8 Å². The van der Waals surface area contributed by atoms with Crippen LogP contribution in [0.1, 0.15) is 18.5 Å². The average molecular weight is 420 g/mol. The van der Waals surface area contributed by atoms with E-state index in [1.807, 2.05) is 30.3 Å². The zero-order valence-electron chi connectivity index (χ0n) is 15.3. The second-order valence-electron chi connectivity index (χ2n) is 6.16. The van der Waals surface area contributed by atoms with Crippen LogP contribution < -0.4 is 9.04 Å². The molecule has 3 aromatic carbocycles. The SMILES string of the molecule is COc1ccc(N([C@@H](C)c2ccccc2)S(=O)(=O)c2cc(Cl)ccc2F)cc1. The topological polar surface area (TPSA) is 46.6 Å². The van der Waals surface area contributed by atoms with E-state index in [-0.39, 0.29) is 5.02 Å². The molecule has 146 valence electrons. The predicted molar refractivity (Wildman–Crippen MR) is 109 cm³/mol. The molecule has 0 fully saturated rings. The first-order valence-corrected chi connectivity index (χ1v) is 10.3. The molecule has 3 aromatic rings. The number of hydrogen-bond donors (Lipinski definition) is 0. The van der Waals surface area contributed by atoms with Gasteiger partial charge in [0.1, 0.15) is 16.5 Å². The normalized spacial score (nSPS) is 12.4. The van der Waals surface area contributed by atoms with Crippen LogP contribution in [0.5, 0.6) is 5.75 Å². The van der Waals surface area contributed by atoms with Crippen LogP contribution in [0, 0.1) is 5.82 Å². The molecular formula is C21H19ClFNO3S. The Hall–Kier alpha value is -2.57. The lowest BCUT2D eigenvalue weighted by atomic mass is 10.1. The lowest BCUT2D eigenvalue weighted by molar-refractivity contribution is 0.415. The molecule has 0 aliphatic heterocycles. The van der Waals surface area contributed by atoms with Crippen LogP contribution in [0.2, 0.25) is 5.02 Å². The fourth-order valence-corrected chi connectivity index (χ4v) is 4.92. The first-order valence-electron chi connectivity index (χ1n) is 8.53. The van der Waals surface area contributed by atoms with Gasteiger partial charge in [-0.25, -0.2) is 12.8 Å². The Morgan fingerprint density at radius 1 is 1.00 bits per heavy atom. The van der Waals surface area contributed by atoms with Gasteiger partial charge in [0.05, 0.1) is 18.8 Å². The Morgan fingerprint density at radius 3 is 2.25 bits per heavy atom. The highest BCUT2D eigenvalue weighted by molar-refractivity contribution is 7.92. The highest BCUT2D eigenvalue weighted by atomic mass is 35.5. The molecule has 0 saturated carbocycles. The van der Waals surface area contributed by atoms with Gasteiger partial charge in [-0.2, -0.15) is 0 Å². The van der Waals surface area contributed by atoms with E-state index in [1.54, 1.807) is 31.2 Å². The number of anilines is 1. The van der Waals surface area contributed by atoms with Crippen molar-refractivity contribution in [2.24, 2.45) is 0 Å². The summed E-state index contributed by atoms with van der Waals surface area (Å²) in [6, 6.07) is 18.6. The summed E-state index contributed by atoms with van der Waals surface area (Å²) in [7, 11) is -2.72. The Labute approximate surface area is 169 Å². The van der Waals surface area contributed by atoms with Crippen molar-refractivity contribution in [1.29, 1.82) is 0 Å². The molecule has 0 saturated heterocycles. The molecule has 0 amide bonds. The van der Waals surface area contributed by atoms with Gasteiger partial charge in [0.2, 0.25) is 0 Å². The van der Waals surface area contributed by atoms with E-state index in [2.05, 4.69) is 0 Å². The first-order chi connectivity index (χ1) is 13.3.